The van der Waals surface area contributed by atoms with Crippen molar-refractivity contribution in [2.75, 3.05) is 6.54 Å². The summed E-state index contributed by atoms with van der Waals surface area (Å²) >= 11 is 3.36. The van der Waals surface area contributed by atoms with Crippen LogP contribution < -0.4 is 10.9 Å². The highest BCUT2D eigenvalue weighted by molar-refractivity contribution is 9.10. The quantitative estimate of drug-likeness (QED) is 0.719. The van der Waals surface area contributed by atoms with Gasteiger partial charge in [-0.05, 0) is 42.3 Å². The molecule has 0 atom stereocenters. The molecule has 0 radical (unpaired) electrons. The van der Waals surface area contributed by atoms with E-state index in [1.165, 1.54) is 6.07 Å². The molecule has 1 aromatic heterocycles. The van der Waals surface area contributed by atoms with Crippen molar-refractivity contribution >= 4 is 32.7 Å². The van der Waals surface area contributed by atoms with Crippen molar-refractivity contribution in [1.82, 2.24) is 10.3 Å². The molecule has 2 N–H and O–H groups in total. The predicted octanol–water partition coefficient (Wildman–Crippen LogP) is 3.40. The molecule has 0 bridgehead atoms. The average Bonchev–Trinajstić information content (AvgIpc) is 2.56. The number of fused-ring (bicyclic) bond motifs is 1. The number of halogens is 2. The Morgan fingerprint density at radius 3 is 2.75 bits per heavy atom. The highest BCUT2D eigenvalue weighted by Crippen LogP contribution is 2.17. The van der Waals surface area contributed by atoms with Crippen LogP contribution in [0.4, 0.5) is 4.39 Å². The summed E-state index contributed by atoms with van der Waals surface area (Å²) in [6, 6.07) is 13.4. The summed E-state index contributed by atoms with van der Waals surface area (Å²) in [4.78, 5) is 27.0. The fourth-order valence-corrected chi connectivity index (χ4v) is 2.83. The molecule has 0 aliphatic rings. The van der Waals surface area contributed by atoms with Crippen molar-refractivity contribution in [2.24, 2.45) is 0 Å². The van der Waals surface area contributed by atoms with Crippen LogP contribution in [0, 0.1) is 5.82 Å². The number of pyridine rings is 1. The van der Waals surface area contributed by atoms with Gasteiger partial charge in [-0.25, -0.2) is 4.39 Å². The molecule has 3 aromatic rings. The Kier molecular flexibility index (Phi) is 4.76. The van der Waals surface area contributed by atoms with E-state index in [9.17, 15) is 14.0 Å². The van der Waals surface area contributed by atoms with Gasteiger partial charge in [-0.1, -0.05) is 34.1 Å². The van der Waals surface area contributed by atoms with Crippen LogP contribution in [0.1, 0.15) is 15.9 Å². The molecular weight excluding hydrogens is 375 g/mol. The van der Waals surface area contributed by atoms with E-state index in [0.29, 0.717) is 17.5 Å². The maximum absolute atomic E-state index is 13.5. The number of H-pyrrole nitrogens is 1. The smallest absolute Gasteiger partial charge is 0.261 e. The van der Waals surface area contributed by atoms with E-state index in [1.54, 1.807) is 30.3 Å². The standard InChI is InChI=1S/C18H14BrFN2O2/c19-13-5-6-16-12(9-13)10-14(18(24)22-16)17(23)21-8-7-11-3-1-2-4-15(11)20/h1-6,9-10H,7-8H2,(H,21,23)(H,22,24). The van der Waals surface area contributed by atoms with Gasteiger partial charge in [0.1, 0.15) is 11.4 Å². The van der Waals surface area contributed by atoms with Gasteiger partial charge >= 0.3 is 0 Å². The molecule has 2 aromatic carbocycles. The lowest BCUT2D eigenvalue weighted by molar-refractivity contribution is 0.0952. The monoisotopic (exact) mass is 388 g/mol. The highest BCUT2D eigenvalue weighted by Gasteiger charge is 2.12. The number of carbonyl (C=O) groups excluding carboxylic acids is 1. The lowest BCUT2D eigenvalue weighted by atomic mass is 10.1. The van der Waals surface area contributed by atoms with Crippen LogP contribution >= 0.6 is 15.9 Å². The van der Waals surface area contributed by atoms with Gasteiger partial charge in [-0.15, -0.1) is 0 Å². The van der Waals surface area contributed by atoms with E-state index in [1.807, 2.05) is 12.1 Å². The largest absolute Gasteiger partial charge is 0.352 e. The van der Waals surface area contributed by atoms with Gasteiger partial charge in [0.2, 0.25) is 0 Å². The van der Waals surface area contributed by atoms with Gasteiger partial charge in [0.15, 0.2) is 0 Å². The van der Waals surface area contributed by atoms with E-state index in [2.05, 4.69) is 26.2 Å². The molecule has 0 unspecified atom stereocenters. The summed E-state index contributed by atoms with van der Waals surface area (Å²) in [5.74, 6) is -0.783. The molecule has 1 heterocycles. The molecular formula is C18H14BrFN2O2. The van der Waals surface area contributed by atoms with Crippen molar-refractivity contribution < 1.29 is 9.18 Å². The van der Waals surface area contributed by atoms with Crippen LogP contribution in [0.25, 0.3) is 10.9 Å². The minimum Gasteiger partial charge on any atom is -0.352 e. The van der Waals surface area contributed by atoms with E-state index in [4.69, 9.17) is 0 Å². The average molecular weight is 389 g/mol. The highest BCUT2D eigenvalue weighted by atomic mass is 79.9. The summed E-state index contributed by atoms with van der Waals surface area (Å²) < 4.78 is 14.4. The summed E-state index contributed by atoms with van der Waals surface area (Å²) in [6.07, 6.45) is 0.357. The number of amides is 1. The molecule has 3 rings (SSSR count). The van der Waals surface area contributed by atoms with Crippen LogP contribution in [0.3, 0.4) is 0 Å². The van der Waals surface area contributed by atoms with E-state index in [0.717, 1.165) is 9.86 Å². The van der Waals surface area contributed by atoms with E-state index < -0.39 is 11.5 Å². The zero-order valence-corrected chi connectivity index (χ0v) is 14.2. The first kappa shape index (κ1) is 16.4. The van der Waals surface area contributed by atoms with Gasteiger partial charge < -0.3 is 10.3 Å². The predicted molar refractivity (Wildman–Crippen MR) is 94.7 cm³/mol. The first-order valence-electron chi connectivity index (χ1n) is 7.39. The third-order valence-corrected chi connectivity index (χ3v) is 4.18. The fourth-order valence-electron chi connectivity index (χ4n) is 2.45. The Labute approximate surface area is 145 Å². The molecule has 0 aliphatic heterocycles. The molecule has 1 amide bonds. The van der Waals surface area contributed by atoms with Crippen molar-refractivity contribution in [2.45, 2.75) is 6.42 Å². The summed E-state index contributed by atoms with van der Waals surface area (Å²) in [5.41, 5.74) is 0.766. The second-order valence-corrected chi connectivity index (χ2v) is 6.26. The van der Waals surface area contributed by atoms with Crippen LogP contribution in [-0.4, -0.2) is 17.4 Å². The Bertz CT molecular complexity index is 969. The summed E-state index contributed by atoms with van der Waals surface area (Å²) in [7, 11) is 0. The maximum Gasteiger partial charge on any atom is 0.261 e. The first-order chi connectivity index (χ1) is 11.5. The minimum absolute atomic E-state index is 0.0362. The van der Waals surface area contributed by atoms with Gasteiger partial charge in [0.05, 0.1) is 0 Å². The number of hydrogen-bond acceptors (Lipinski definition) is 2. The molecule has 6 heteroatoms. The molecule has 0 saturated carbocycles. The van der Waals surface area contributed by atoms with Crippen LogP contribution in [0.2, 0.25) is 0 Å². The first-order valence-corrected chi connectivity index (χ1v) is 8.18. The molecule has 122 valence electrons. The number of aromatic amines is 1. The van der Waals surface area contributed by atoms with Crippen molar-refractivity contribution in [3.05, 3.63) is 80.3 Å². The molecule has 4 nitrogen and oxygen atoms in total. The lowest BCUT2D eigenvalue weighted by Crippen LogP contribution is -2.31. The van der Waals surface area contributed by atoms with Gasteiger partial charge in [0.25, 0.3) is 11.5 Å². The number of benzene rings is 2. The summed E-state index contributed by atoms with van der Waals surface area (Å²) in [5, 5.41) is 3.41. The van der Waals surface area contributed by atoms with Crippen molar-refractivity contribution in [3.8, 4) is 0 Å². The van der Waals surface area contributed by atoms with Crippen LogP contribution in [-0.2, 0) is 6.42 Å². The van der Waals surface area contributed by atoms with Gasteiger partial charge in [-0.3, -0.25) is 9.59 Å². The fraction of sp³-hybridized carbons (Fsp3) is 0.111. The minimum atomic E-state index is -0.477. The zero-order chi connectivity index (χ0) is 17.1. The Morgan fingerprint density at radius 1 is 1.17 bits per heavy atom. The second kappa shape index (κ2) is 6.97. The normalized spacial score (nSPS) is 10.8. The van der Waals surface area contributed by atoms with Crippen molar-refractivity contribution in [1.29, 1.82) is 0 Å². The molecule has 24 heavy (non-hydrogen) atoms. The Balaban J connectivity index is 1.75. The number of rotatable bonds is 4. The van der Waals surface area contributed by atoms with E-state index >= 15 is 0 Å². The molecule has 0 spiro atoms. The third kappa shape index (κ3) is 3.54. The molecule has 0 saturated heterocycles. The zero-order valence-electron chi connectivity index (χ0n) is 12.6. The third-order valence-electron chi connectivity index (χ3n) is 3.69. The molecule has 0 fully saturated rings. The number of nitrogens with one attached hydrogen (secondary N) is 2. The van der Waals surface area contributed by atoms with Crippen molar-refractivity contribution in [3.63, 3.8) is 0 Å². The number of carbonyl (C=O) groups is 1. The summed E-state index contributed by atoms with van der Waals surface area (Å²) in [6.45, 7) is 0.246. The van der Waals surface area contributed by atoms with Gasteiger partial charge in [-0.2, -0.15) is 0 Å². The number of hydrogen-bond donors (Lipinski definition) is 2. The van der Waals surface area contributed by atoms with Gasteiger partial charge in [0, 0.05) is 21.9 Å². The molecule has 0 aliphatic carbocycles. The lowest BCUT2D eigenvalue weighted by Gasteiger charge is -2.07. The van der Waals surface area contributed by atoms with Crippen LogP contribution in [0.15, 0.2) is 57.8 Å². The SMILES string of the molecule is O=C(NCCc1ccccc1F)c1cc2cc(Br)ccc2[nH]c1=O. The Morgan fingerprint density at radius 2 is 1.96 bits per heavy atom. The number of aromatic nitrogens is 1. The second-order valence-electron chi connectivity index (χ2n) is 5.34. The van der Waals surface area contributed by atoms with E-state index in [-0.39, 0.29) is 17.9 Å². The topological polar surface area (TPSA) is 62.0 Å². The van der Waals surface area contributed by atoms with Crippen LogP contribution in [0.5, 0.6) is 0 Å². The maximum atomic E-state index is 13.5. The Hall–Kier alpha value is -2.47.